The highest BCUT2D eigenvalue weighted by molar-refractivity contribution is 5.86. The standard InChI is InChI=1S/C15H20O2/c1-2-17-15(13-10-4-3-5-11-13)14(16)12-8-6-7-9-12/h3-5,10-12,15H,2,6-9H2,1H3. The van der Waals surface area contributed by atoms with E-state index in [0.717, 1.165) is 18.4 Å². The van der Waals surface area contributed by atoms with Crippen LogP contribution in [0, 0.1) is 5.92 Å². The first-order chi connectivity index (χ1) is 8.33. The summed E-state index contributed by atoms with van der Waals surface area (Å²) >= 11 is 0. The van der Waals surface area contributed by atoms with Gasteiger partial charge in [-0.2, -0.15) is 0 Å². The third kappa shape index (κ3) is 2.95. The van der Waals surface area contributed by atoms with E-state index in [1.807, 2.05) is 37.3 Å². The molecule has 1 saturated carbocycles. The lowest BCUT2D eigenvalue weighted by Crippen LogP contribution is -2.22. The molecule has 0 heterocycles. The van der Waals surface area contributed by atoms with E-state index < -0.39 is 0 Å². The molecule has 0 N–H and O–H groups in total. The van der Waals surface area contributed by atoms with Crippen LogP contribution in [0.1, 0.15) is 44.3 Å². The van der Waals surface area contributed by atoms with Crippen molar-refractivity contribution in [1.82, 2.24) is 0 Å². The van der Waals surface area contributed by atoms with Crippen LogP contribution in [0.25, 0.3) is 0 Å². The summed E-state index contributed by atoms with van der Waals surface area (Å²) in [6.45, 7) is 2.52. The summed E-state index contributed by atoms with van der Waals surface area (Å²) in [4.78, 5) is 12.4. The Labute approximate surface area is 103 Å². The zero-order valence-electron chi connectivity index (χ0n) is 10.4. The lowest BCUT2D eigenvalue weighted by molar-refractivity contribution is -0.134. The van der Waals surface area contributed by atoms with Crippen LogP contribution in [-0.4, -0.2) is 12.4 Å². The minimum Gasteiger partial charge on any atom is -0.366 e. The van der Waals surface area contributed by atoms with E-state index in [1.54, 1.807) is 0 Å². The quantitative estimate of drug-likeness (QED) is 0.776. The number of ketones is 1. The Morgan fingerprint density at radius 1 is 1.29 bits per heavy atom. The summed E-state index contributed by atoms with van der Waals surface area (Å²) in [5, 5.41) is 0. The van der Waals surface area contributed by atoms with E-state index in [4.69, 9.17) is 4.74 Å². The van der Waals surface area contributed by atoms with Gasteiger partial charge in [-0.3, -0.25) is 4.79 Å². The fraction of sp³-hybridized carbons (Fsp3) is 0.533. The average Bonchev–Trinajstić information content (AvgIpc) is 2.90. The lowest BCUT2D eigenvalue weighted by Gasteiger charge is -2.19. The molecule has 0 saturated heterocycles. The van der Waals surface area contributed by atoms with Crippen molar-refractivity contribution in [3.63, 3.8) is 0 Å². The van der Waals surface area contributed by atoms with Crippen LogP contribution in [0.3, 0.4) is 0 Å². The van der Waals surface area contributed by atoms with Crippen molar-refractivity contribution in [2.45, 2.75) is 38.7 Å². The van der Waals surface area contributed by atoms with Crippen molar-refractivity contribution in [3.05, 3.63) is 35.9 Å². The molecule has 1 aliphatic carbocycles. The van der Waals surface area contributed by atoms with Gasteiger partial charge in [-0.05, 0) is 25.3 Å². The zero-order chi connectivity index (χ0) is 12.1. The maximum Gasteiger partial charge on any atom is 0.169 e. The van der Waals surface area contributed by atoms with E-state index in [0.29, 0.717) is 6.61 Å². The van der Waals surface area contributed by atoms with Crippen LogP contribution < -0.4 is 0 Å². The number of Topliss-reactive ketones (excluding diaryl/α,β-unsaturated/α-hetero) is 1. The largest absolute Gasteiger partial charge is 0.366 e. The molecule has 92 valence electrons. The van der Waals surface area contributed by atoms with Crippen LogP contribution in [0.5, 0.6) is 0 Å². The molecule has 2 rings (SSSR count). The Morgan fingerprint density at radius 2 is 1.94 bits per heavy atom. The molecule has 0 bridgehead atoms. The predicted molar refractivity (Wildman–Crippen MR) is 67.8 cm³/mol. The number of carbonyl (C=O) groups is 1. The van der Waals surface area contributed by atoms with Gasteiger partial charge in [-0.1, -0.05) is 43.2 Å². The Kier molecular flexibility index (Phi) is 4.32. The van der Waals surface area contributed by atoms with Crippen molar-refractivity contribution < 1.29 is 9.53 Å². The minimum atomic E-state index is -0.357. The van der Waals surface area contributed by atoms with Crippen LogP contribution in [-0.2, 0) is 9.53 Å². The number of hydrogen-bond acceptors (Lipinski definition) is 2. The summed E-state index contributed by atoms with van der Waals surface area (Å²) in [7, 11) is 0. The molecule has 1 atom stereocenters. The molecule has 1 unspecified atom stereocenters. The molecule has 0 aliphatic heterocycles. The lowest BCUT2D eigenvalue weighted by atomic mass is 9.94. The highest BCUT2D eigenvalue weighted by atomic mass is 16.5. The molecule has 2 heteroatoms. The third-order valence-corrected chi connectivity index (χ3v) is 3.45. The Hall–Kier alpha value is -1.15. The average molecular weight is 232 g/mol. The fourth-order valence-corrected chi connectivity index (χ4v) is 2.56. The van der Waals surface area contributed by atoms with E-state index >= 15 is 0 Å². The molecular formula is C15H20O2. The Balaban J connectivity index is 2.13. The number of carbonyl (C=O) groups excluding carboxylic acids is 1. The van der Waals surface area contributed by atoms with Crippen molar-refractivity contribution >= 4 is 5.78 Å². The summed E-state index contributed by atoms with van der Waals surface area (Å²) in [5.41, 5.74) is 0.992. The van der Waals surface area contributed by atoms with Crippen molar-refractivity contribution in [1.29, 1.82) is 0 Å². The maximum atomic E-state index is 12.4. The van der Waals surface area contributed by atoms with Gasteiger partial charge in [0.25, 0.3) is 0 Å². The van der Waals surface area contributed by atoms with Crippen molar-refractivity contribution in [2.24, 2.45) is 5.92 Å². The number of rotatable bonds is 5. The zero-order valence-corrected chi connectivity index (χ0v) is 10.4. The van der Waals surface area contributed by atoms with E-state index in [-0.39, 0.29) is 17.8 Å². The summed E-state index contributed by atoms with van der Waals surface area (Å²) < 4.78 is 5.65. The van der Waals surface area contributed by atoms with Gasteiger partial charge in [0.05, 0.1) is 0 Å². The molecule has 1 fully saturated rings. The van der Waals surface area contributed by atoms with Gasteiger partial charge in [0.2, 0.25) is 0 Å². The summed E-state index contributed by atoms with van der Waals surface area (Å²) in [6, 6.07) is 9.85. The number of benzene rings is 1. The second-order valence-corrected chi connectivity index (χ2v) is 4.63. The monoisotopic (exact) mass is 232 g/mol. The third-order valence-electron chi connectivity index (χ3n) is 3.45. The normalized spacial score (nSPS) is 18.2. The molecule has 0 spiro atoms. The molecule has 1 aromatic rings. The van der Waals surface area contributed by atoms with Crippen LogP contribution in [0.2, 0.25) is 0 Å². The number of hydrogen-bond donors (Lipinski definition) is 0. The first kappa shape index (κ1) is 12.3. The smallest absolute Gasteiger partial charge is 0.169 e. The Morgan fingerprint density at radius 3 is 2.53 bits per heavy atom. The molecule has 0 amide bonds. The van der Waals surface area contributed by atoms with E-state index in [1.165, 1.54) is 12.8 Å². The highest BCUT2D eigenvalue weighted by Gasteiger charge is 2.30. The molecule has 1 aliphatic rings. The van der Waals surface area contributed by atoms with Gasteiger partial charge in [0, 0.05) is 12.5 Å². The van der Waals surface area contributed by atoms with Crippen molar-refractivity contribution in [3.8, 4) is 0 Å². The van der Waals surface area contributed by atoms with E-state index in [2.05, 4.69) is 0 Å². The minimum absolute atomic E-state index is 0.215. The topological polar surface area (TPSA) is 26.3 Å². The van der Waals surface area contributed by atoms with E-state index in [9.17, 15) is 4.79 Å². The van der Waals surface area contributed by atoms with Gasteiger partial charge >= 0.3 is 0 Å². The Bertz CT molecular complexity index is 352. The molecule has 1 aromatic carbocycles. The van der Waals surface area contributed by atoms with Gasteiger partial charge in [0.15, 0.2) is 5.78 Å². The van der Waals surface area contributed by atoms with Gasteiger partial charge in [-0.25, -0.2) is 0 Å². The maximum absolute atomic E-state index is 12.4. The second-order valence-electron chi connectivity index (χ2n) is 4.63. The van der Waals surface area contributed by atoms with Crippen LogP contribution >= 0.6 is 0 Å². The summed E-state index contributed by atoms with van der Waals surface area (Å²) in [5.74, 6) is 0.488. The van der Waals surface area contributed by atoms with Crippen molar-refractivity contribution in [2.75, 3.05) is 6.61 Å². The molecular weight excluding hydrogens is 212 g/mol. The molecule has 0 radical (unpaired) electrons. The molecule has 17 heavy (non-hydrogen) atoms. The first-order valence-corrected chi connectivity index (χ1v) is 6.53. The van der Waals surface area contributed by atoms with Crippen LogP contribution in [0.15, 0.2) is 30.3 Å². The molecule has 2 nitrogen and oxygen atoms in total. The summed E-state index contributed by atoms with van der Waals surface area (Å²) in [6.07, 6.45) is 4.09. The highest BCUT2D eigenvalue weighted by Crippen LogP contribution is 2.31. The van der Waals surface area contributed by atoms with Gasteiger partial charge < -0.3 is 4.74 Å². The predicted octanol–water partition coefficient (Wildman–Crippen LogP) is 3.52. The second kappa shape index (κ2) is 5.97. The SMILES string of the molecule is CCOC(C(=O)C1CCCC1)c1ccccc1. The fourth-order valence-electron chi connectivity index (χ4n) is 2.56. The molecule has 0 aromatic heterocycles. The van der Waals surface area contributed by atoms with Gasteiger partial charge in [-0.15, -0.1) is 0 Å². The first-order valence-electron chi connectivity index (χ1n) is 6.53. The van der Waals surface area contributed by atoms with Gasteiger partial charge in [0.1, 0.15) is 6.10 Å². The van der Waals surface area contributed by atoms with Crippen LogP contribution in [0.4, 0.5) is 0 Å². The number of ether oxygens (including phenoxy) is 1.